The van der Waals surface area contributed by atoms with Crippen molar-refractivity contribution in [3.63, 3.8) is 0 Å². The fraction of sp³-hybridized carbons (Fsp3) is 0.471. The number of hydrogen-bond donors (Lipinski definition) is 1. The van der Waals surface area contributed by atoms with E-state index in [1.165, 1.54) is 7.11 Å². The maximum absolute atomic E-state index is 12.9. The molecule has 1 aliphatic rings. The van der Waals surface area contributed by atoms with E-state index in [0.717, 1.165) is 53.7 Å². The van der Waals surface area contributed by atoms with Crippen LogP contribution < -0.4 is 10.1 Å². The standard InChI is InChI=1S/C34H44N4O5/c1-4-5-20-43-30-13-8-26(9-14-30)21-31(34(41)42-3)36-32(39)22-27-16-18-38(19-17-27)33(40)15-10-25-6-11-28(12-7-25)29-23-35-37(2)24-29/h6-9,11-14,23-24,27,31H,4-5,10,15-22H2,1-3H3,(H,36,39)/t31-/m0/s1. The van der Waals surface area contributed by atoms with Gasteiger partial charge >= 0.3 is 5.97 Å². The number of hydrogen-bond acceptors (Lipinski definition) is 6. The van der Waals surface area contributed by atoms with Crippen molar-refractivity contribution in [3.05, 3.63) is 72.1 Å². The average Bonchev–Trinajstić information content (AvgIpc) is 3.46. The van der Waals surface area contributed by atoms with Gasteiger partial charge in [0, 0.05) is 51.2 Å². The molecule has 1 aliphatic heterocycles. The Kier molecular flexibility index (Phi) is 11.8. The molecule has 2 aromatic carbocycles. The van der Waals surface area contributed by atoms with Crippen molar-refractivity contribution in [1.29, 1.82) is 0 Å². The van der Waals surface area contributed by atoms with E-state index in [2.05, 4.69) is 41.6 Å². The lowest BCUT2D eigenvalue weighted by Crippen LogP contribution is -2.44. The summed E-state index contributed by atoms with van der Waals surface area (Å²) in [4.78, 5) is 40.1. The minimum atomic E-state index is -0.760. The first-order valence-corrected chi connectivity index (χ1v) is 15.3. The lowest BCUT2D eigenvalue weighted by molar-refractivity contribution is -0.145. The zero-order chi connectivity index (χ0) is 30.6. The molecule has 43 heavy (non-hydrogen) atoms. The van der Waals surface area contributed by atoms with Crippen molar-refractivity contribution in [1.82, 2.24) is 20.0 Å². The van der Waals surface area contributed by atoms with Crippen LogP contribution in [-0.2, 0) is 39.0 Å². The van der Waals surface area contributed by atoms with E-state index >= 15 is 0 Å². The van der Waals surface area contributed by atoms with Crippen LogP contribution >= 0.6 is 0 Å². The normalized spacial score (nSPS) is 14.3. The topological polar surface area (TPSA) is 103 Å². The van der Waals surface area contributed by atoms with Crippen LogP contribution in [0, 0.1) is 5.92 Å². The van der Waals surface area contributed by atoms with E-state index in [0.29, 0.717) is 45.4 Å². The van der Waals surface area contributed by atoms with Crippen LogP contribution in [0.15, 0.2) is 60.9 Å². The molecule has 0 spiro atoms. The average molecular weight is 589 g/mol. The van der Waals surface area contributed by atoms with E-state index in [1.54, 1.807) is 4.68 Å². The van der Waals surface area contributed by atoms with Gasteiger partial charge in [-0.25, -0.2) is 4.79 Å². The molecule has 4 rings (SSSR count). The highest BCUT2D eigenvalue weighted by atomic mass is 16.5. The van der Waals surface area contributed by atoms with Crippen molar-refractivity contribution in [2.24, 2.45) is 13.0 Å². The molecule has 0 radical (unpaired) electrons. The molecule has 2 heterocycles. The molecule has 0 bridgehead atoms. The van der Waals surface area contributed by atoms with Gasteiger partial charge in [-0.2, -0.15) is 5.10 Å². The third-order valence-electron chi connectivity index (χ3n) is 8.01. The number of methoxy groups -OCH3 is 1. The Morgan fingerprint density at radius 1 is 1.00 bits per heavy atom. The summed E-state index contributed by atoms with van der Waals surface area (Å²) >= 11 is 0. The van der Waals surface area contributed by atoms with Gasteiger partial charge in [-0.05, 0) is 60.4 Å². The minimum Gasteiger partial charge on any atom is -0.494 e. The van der Waals surface area contributed by atoms with Crippen molar-refractivity contribution in [2.75, 3.05) is 26.8 Å². The number of nitrogens with one attached hydrogen (secondary N) is 1. The van der Waals surface area contributed by atoms with E-state index in [9.17, 15) is 14.4 Å². The Balaban J connectivity index is 1.19. The number of carbonyl (C=O) groups excluding carboxylic acids is 3. The van der Waals surface area contributed by atoms with Gasteiger partial charge < -0.3 is 19.7 Å². The number of carbonyl (C=O) groups is 3. The number of nitrogens with zero attached hydrogens (tertiary/aromatic N) is 3. The van der Waals surface area contributed by atoms with Gasteiger partial charge in [0.05, 0.1) is 19.9 Å². The quantitative estimate of drug-likeness (QED) is 0.216. The summed E-state index contributed by atoms with van der Waals surface area (Å²) in [6.07, 6.45) is 9.24. The van der Waals surface area contributed by atoms with Crippen LogP contribution in [0.2, 0.25) is 0 Å². The summed E-state index contributed by atoms with van der Waals surface area (Å²) in [5.41, 5.74) is 4.22. The number of piperidine rings is 1. The summed E-state index contributed by atoms with van der Waals surface area (Å²) < 4.78 is 12.5. The highest BCUT2D eigenvalue weighted by Gasteiger charge is 2.27. The van der Waals surface area contributed by atoms with Crippen LogP contribution in [0.5, 0.6) is 5.75 Å². The minimum absolute atomic E-state index is 0.145. The third kappa shape index (κ3) is 9.70. The van der Waals surface area contributed by atoms with E-state index < -0.39 is 12.0 Å². The number of aryl methyl sites for hydroxylation is 2. The molecular formula is C34H44N4O5. The molecule has 1 N–H and O–H groups in total. The summed E-state index contributed by atoms with van der Waals surface area (Å²) in [6.45, 7) is 4.07. The summed E-state index contributed by atoms with van der Waals surface area (Å²) in [5.74, 6) is 0.461. The fourth-order valence-electron chi connectivity index (χ4n) is 5.37. The SMILES string of the molecule is CCCCOc1ccc(C[C@H](NC(=O)CC2CCN(C(=O)CCc3ccc(-c4cnn(C)c4)cc3)CC2)C(=O)OC)cc1. The Bertz CT molecular complexity index is 1330. The van der Waals surface area contributed by atoms with Crippen molar-refractivity contribution in [3.8, 4) is 16.9 Å². The molecule has 1 aromatic heterocycles. The number of likely N-dealkylation sites (tertiary alicyclic amines) is 1. The van der Waals surface area contributed by atoms with Crippen LogP contribution in [0.4, 0.5) is 0 Å². The molecule has 0 unspecified atom stereocenters. The number of benzene rings is 2. The maximum Gasteiger partial charge on any atom is 0.328 e. The van der Waals surface area contributed by atoms with E-state index in [4.69, 9.17) is 9.47 Å². The van der Waals surface area contributed by atoms with Crippen LogP contribution in [0.1, 0.15) is 56.6 Å². The van der Waals surface area contributed by atoms with Gasteiger partial charge in [-0.15, -0.1) is 0 Å². The molecule has 3 aromatic rings. The van der Waals surface area contributed by atoms with E-state index in [-0.39, 0.29) is 17.7 Å². The van der Waals surface area contributed by atoms with E-state index in [1.807, 2.05) is 48.6 Å². The Morgan fingerprint density at radius 3 is 2.33 bits per heavy atom. The van der Waals surface area contributed by atoms with Crippen molar-refractivity contribution >= 4 is 17.8 Å². The number of unbranched alkanes of at least 4 members (excludes halogenated alkanes) is 1. The lowest BCUT2D eigenvalue weighted by Gasteiger charge is -2.32. The van der Waals surface area contributed by atoms with Gasteiger partial charge in [0.2, 0.25) is 11.8 Å². The Morgan fingerprint density at radius 2 is 1.70 bits per heavy atom. The fourth-order valence-corrected chi connectivity index (χ4v) is 5.37. The first-order chi connectivity index (χ1) is 20.8. The van der Waals surface area contributed by atoms with Crippen LogP contribution in [-0.4, -0.2) is 65.3 Å². The van der Waals surface area contributed by atoms with Crippen LogP contribution in [0.3, 0.4) is 0 Å². The molecule has 1 saturated heterocycles. The molecule has 9 heteroatoms. The molecule has 230 valence electrons. The molecule has 1 atom stereocenters. The predicted octanol–water partition coefficient (Wildman–Crippen LogP) is 4.73. The second-order valence-corrected chi connectivity index (χ2v) is 11.3. The van der Waals surface area contributed by atoms with Gasteiger partial charge in [-0.3, -0.25) is 14.3 Å². The molecule has 0 saturated carbocycles. The smallest absolute Gasteiger partial charge is 0.328 e. The van der Waals surface area contributed by atoms with Gasteiger partial charge in [0.15, 0.2) is 0 Å². The zero-order valence-corrected chi connectivity index (χ0v) is 25.6. The van der Waals surface area contributed by atoms with Gasteiger partial charge in [0.25, 0.3) is 0 Å². The van der Waals surface area contributed by atoms with Crippen LogP contribution in [0.25, 0.3) is 11.1 Å². The van der Waals surface area contributed by atoms with Gasteiger partial charge in [-0.1, -0.05) is 49.7 Å². The molecule has 2 amide bonds. The third-order valence-corrected chi connectivity index (χ3v) is 8.01. The maximum atomic E-state index is 12.9. The largest absolute Gasteiger partial charge is 0.494 e. The lowest BCUT2D eigenvalue weighted by atomic mass is 9.92. The summed E-state index contributed by atoms with van der Waals surface area (Å²) in [7, 11) is 3.23. The molecule has 0 aliphatic carbocycles. The van der Waals surface area contributed by atoms with Crippen molar-refractivity contribution in [2.45, 2.75) is 64.3 Å². The summed E-state index contributed by atoms with van der Waals surface area (Å²) in [6, 6.07) is 15.1. The second kappa shape index (κ2) is 15.9. The first-order valence-electron chi connectivity index (χ1n) is 15.3. The summed E-state index contributed by atoms with van der Waals surface area (Å²) in [5, 5.41) is 7.10. The monoisotopic (exact) mass is 588 g/mol. The highest BCUT2D eigenvalue weighted by molar-refractivity contribution is 5.84. The number of rotatable bonds is 14. The first kappa shape index (κ1) is 31.8. The number of esters is 1. The molecule has 9 nitrogen and oxygen atoms in total. The second-order valence-electron chi connectivity index (χ2n) is 11.3. The Hall–Kier alpha value is -4.14. The number of amides is 2. The van der Waals surface area contributed by atoms with Crippen molar-refractivity contribution < 1.29 is 23.9 Å². The Labute approximate surface area is 254 Å². The number of ether oxygens (including phenoxy) is 2. The van der Waals surface area contributed by atoms with Gasteiger partial charge in [0.1, 0.15) is 11.8 Å². The highest BCUT2D eigenvalue weighted by Crippen LogP contribution is 2.23. The zero-order valence-electron chi connectivity index (χ0n) is 25.6. The molecule has 1 fully saturated rings. The predicted molar refractivity (Wildman–Crippen MR) is 165 cm³/mol. The number of aromatic nitrogens is 2. The molecular weight excluding hydrogens is 544 g/mol.